The van der Waals surface area contributed by atoms with E-state index >= 15 is 0 Å². The molecule has 1 aliphatic rings. The van der Waals surface area contributed by atoms with Gasteiger partial charge in [0, 0.05) is 6.61 Å². The van der Waals surface area contributed by atoms with Gasteiger partial charge in [-0.3, -0.25) is 0 Å². The molecular weight excluding hydrogens is 218 g/mol. The number of carbonyl (C=O) groups is 1. The lowest BCUT2D eigenvalue weighted by atomic mass is 9.87. The molecule has 0 aliphatic carbocycles. The van der Waals surface area contributed by atoms with Crippen LogP contribution in [0.25, 0.3) is 0 Å². The highest BCUT2D eigenvalue weighted by molar-refractivity contribution is 5.92. The Labute approximate surface area is 102 Å². The predicted molar refractivity (Wildman–Crippen MR) is 63.1 cm³/mol. The van der Waals surface area contributed by atoms with Gasteiger partial charge in [0.2, 0.25) is 0 Å². The lowest BCUT2D eigenvalue weighted by molar-refractivity contribution is -0.138. The molecular formula is C13H19NO3. The van der Waals surface area contributed by atoms with Gasteiger partial charge in [0.05, 0.1) is 12.2 Å². The number of ether oxygens (including phenoxy) is 2. The molecule has 0 bridgehead atoms. The second-order valence-electron chi connectivity index (χ2n) is 4.77. The third-order valence-corrected chi connectivity index (χ3v) is 2.75. The molecule has 1 aliphatic heterocycles. The quantitative estimate of drug-likeness (QED) is 0.429. The molecule has 1 rings (SSSR count). The number of nitrogens with zero attached hydrogens (tertiary/aromatic N) is 1. The maximum absolute atomic E-state index is 11.5. The number of esters is 1. The molecule has 1 saturated heterocycles. The molecule has 0 saturated carbocycles. The van der Waals surface area contributed by atoms with Gasteiger partial charge in [0.25, 0.3) is 0 Å². The van der Waals surface area contributed by atoms with Crippen LogP contribution >= 0.6 is 0 Å². The van der Waals surface area contributed by atoms with Crippen LogP contribution < -0.4 is 0 Å². The minimum Gasteiger partial charge on any atom is -0.462 e. The van der Waals surface area contributed by atoms with Crippen LogP contribution in [0, 0.1) is 17.2 Å². The average molecular weight is 237 g/mol. The Morgan fingerprint density at radius 3 is 2.88 bits per heavy atom. The summed E-state index contributed by atoms with van der Waals surface area (Å²) < 4.78 is 10.4. The van der Waals surface area contributed by atoms with Crippen LogP contribution in [0.3, 0.4) is 0 Å². The van der Waals surface area contributed by atoms with Gasteiger partial charge in [-0.15, -0.1) is 0 Å². The van der Waals surface area contributed by atoms with Gasteiger partial charge < -0.3 is 9.47 Å². The summed E-state index contributed by atoms with van der Waals surface area (Å²) in [6.07, 6.45) is 3.38. The van der Waals surface area contributed by atoms with Crippen molar-refractivity contribution < 1.29 is 14.3 Å². The topological polar surface area (TPSA) is 59.3 Å². The van der Waals surface area contributed by atoms with Gasteiger partial charge in [0.15, 0.2) is 0 Å². The Kier molecular flexibility index (Phi) is 4.71. The Bertz CT molecular complexity index is 352. The van der Waals surface area contributed by atoms with E-state index < -0.39 is 5.97 Å². The van der Waals surface area contributed by atoms with Crippen LogP contribution in [0.5, 0.6) is 0 Å². The molecule has 0 aromatic carbocycles. The SMILES string of the molecule is CCOC(=O)C(C#N)=C[C@@H]1CCOC(C)(C)C1. The summed E-state index contributed by atoms with van der Waals surface area (Å²) >= 11 is 0. The van der Waals surface area contributed by atoms with Crippen molar-refractivity contribution in [3.05, 3.63) is 11.6 Å². The van der Waals surface area contributed by atoms with Gasteiger partial charge in [-0.25, -0.2) is 4.79 Å². The lowest BCUT2D eigenvalue weighted by Gasteiger charge is -2.34. The van der Waals surface area contributed by atoms with Crippen LogP contribution in [-0.2, 0) is 14.3 Å². The zero-order valence-corrected chi connectivity index (χ0v) is 10.7. The summed E-state index contributed by atoms with van der Waals surface area (Å²) in [4.78, 5) is 11.5. The molecule has 4 heteroatoms. The minimum absolute atomic E-state index is 0.106. The second kappa shape index (κ2) is 5.83. The van der Waals surface area contributed by atoms with Crippen molar-refractivity contribution in [2.24, 2.45) is 5.92 Å². The predicted octanol–water partition coefficient (Wildman–Crippen LogP) is 2.20. The first kappa shape index (κ1) is 13.7. The highest BCUT2D eigenvalue weighted by Gasteiger charge is 2.28. The highest BCUT2D eigenvalue weighted by Crippen LogP contribution is 2.30. The van der Waals surface area contributed by atoms with E-state index in [0.29, 0.717) is 6.61 Å². The molecule has 1 heterocycles. The van der Waals surface area contributed by atoms with Gasteiger partial charge >= 0.3 is 5.97 Å². The van der Waals surface area contributed by atoms with Gasteiger partial charge in [-0.1, -0.05) is 6.08 Å². The Hall–Kier alpha value is -1.34. The van der Waals surface area contributed by atoms with E-state index in [-0.39, 0.29) is 23.7 Å². The third-order valence-electron chi connectivity index (χ3n) is 2.75. The number of carbonyl (C=O) groups excluding carboxylic acids is 1. The molecule has 0 unspecified atom stereocenters. The summed E-state index contributed by atoms with van der Waals surface area (Å²) in [7, 11) is 0. The van der Waals surface area contributed by atoms with E-state index in [1.54, 1.807) is 13.0 Å². The summed E-state index contributed by atoms with van der Waals surface area (Å²) in [6, 6.07) is 1.91. The molecule has 4 nitrogen and oxygen atoms in total. The van der Waals surface area contributed by atoms with E-state index in [2.05, 4.69) is 0 Å². The van der Waals surface area contributed by atoms with Crippen molar-refractivity contribution in [2.45, 2.75) is 39.2 Å². The smallest absolute Gasteiger partial charge is 0.348 e. The summed E-state index contributed by atoms with van der Waals surface area (Å²) in [6.45, 7) is 6.71. The maximum atomic E-state index is 11.5. The molecule has 1 fully saturated rings. The fourth-order valence-electron chi connectivity index (χ4n) is 2.02. The number of hydrogen-bond acceptors (Lipinski definition) is 4. The number of nitriles is 1. The zero-order chi connectivity index (χ0) is 12.9. The molecule has 0 N–H and O–H groups in total. The first-order valence-corrected chi connectivity index (χ1v) is 5.91. The van der Waals surface area contributed by atoms with Crippen molar-refractivity contribution in [3.63, 3.8) is 0 Å². The van der Waals surface area contributed by atoms with E-state index in [1.807, 2.05) is 19.9 Å². The van der Waals surface area contributed by atoms with Gasteiger partial charge in [0.1, 0.15) is 11.6 Å². The zero-order valence-electron chi connectivity index (χ0n) is 10.7. The van der Waals surface area contributed by atoms with Gasteiger partial charge in [-0.2, -0.15) is 5.26 Å². The average Bonchev–Trinajstić information content (AvgIpc) is 2.24. The largest absolute Gasteiger partial charge is 0.462 e. The van der Waals surface area contributed by atoms with Crippen LogP contribution in [0.1, 0.15) is 33.6 Å². The van der Waals surface area contributed by atoms with Crippen LogP contribution in [0.2, 0.25) is 0 Å². The van der Waals surface area contributed by atoms with Crippen molar-refractivity contribution in [1.29, 1.82) is 5.26 Å². The Morgan fingerprint density at radius 2 is 2.35 bits per heavy atom. The van der Waals surface area contributed by atoms with Crippen molar-refractivity contribution in [3.8, 4) is 6.07 Å². The molecule has 1 atom stereocenters. The van der Waals surface area contributed by atoms with E-state index in [0.717, 1.165) is 12.8 Å². The van der Waals surface area contributed by atoms with E-state index in [1.165, 1.54) is 0 Å². The molecule has 0 aromatic heterocycles. The second-order valence-corrected chi connectivity index (χ2v) is 4.77. The summed E-state index contributed by atoms with van der Waals surface area (Å²) in [5.74, 6) is -0.322. The number of allylic oxidation sites excluding steroid dienone is 1. The molecule has 94 valence electrons. The standard InChI is InChI=1S/C13H19NO3/c1-4-16-12(15)11(9-14)7-10-5-6-17-13(2,3)8-10/h7,10H,4-6,8H2,1-3H3/t10-/m0/s1. The summed E-state index contributed by atoms with van der Waals surface area (Å²) in [5.41, 5.74) is -0.0798. The van der Waals surface area contributed by atoms with Crippen LogP contribution in [0.4, 0.5) is 0 Å². The summed E-state index contributed by atoms with van der Waals surface area (Å²) in [5, 5.41) is 8.93. The van der Waals surface area contributed by atoms with Crippen LogP contribution in [-0.4, -0.2) is 24.8 Å². The highest BCUT2D eigenvalue weighted by atomic mass is 16.5. The Balaban J connectivity index is 2.72. The minimum atomic E-state index is -0.528. The molecule has 0 spiro atoms. The molecule has 0 radical (unpaired) electrons. The van der Waals surface area contributed by atoms with Gasteiger partial charge in [-0.05, 0) is 39.5 Å². The monoisotopic (exact) mass is 237 g/mol. The number of hydrogen-bond donors (Lipinski definition) is 0. The first-order chi connectivity index (χ1) is 7.98. The lowest BCUT2D eigenvalue weighted by Crippen LogP contribution is -2.33. The van der Waals surface area contributed by atoms with Crippen molar-refractivity contribution in [2.75, 3.05) is 13.2 Å². The maximum Gasteiger partial charge on any atom is 0.348 e. The normalized spacial score (nSPS) is 23.9. The first-order valence-electron chi connectivity index (χ1n) is 5.91. The fourth-order valence-corrected chi connectivity index (χ4v) is 2.02. The molecule has 0 aromatic rings. The third kappa shape index (κ3) is 4.20. The van der Waals surface area contributed by atoms with Crippen molar-refractivity contribution in [1.82, 2.24) is 0 Å². The molecule has 0 amide bonds. The number of rotatable bonds is 3. The van der Waals surface area contributed by atoms with Crippen LogP contribution in [0.15, 0.2) is 11.6 Å². The van der Waals surface area contributed by atoms with E-state index in [4.69, 9.17) is 14.7 Å². The molecule has 17 heavy (non-hydrogen) atoms. The van der Waals surface area contributed by atoms with Crippen molar-refractivity contribution >= 4 is 5.97 Å². The Morgan fingerprint density at radius 1 is 1.65 bits per heavy atom. The van der Waals surface area contributed by atoms with E-state index in [9.17, 15) is 4.79 Å². The fraction of sp³-hybridized carbons (Fsp3) is 0.692.